The summed E-state index contributed by atoms with van der Waals surface area (Å²) >= 11 is 0. The van der Waals surface area contributed by atoms with Crippen molar-refractivity contribution in [2.75, 3.05) is 5.32 Å². The molecule has 3 heteroatoms. The van der Waals surface area contributed by atoms with Crippen molar-refractivity contribution in [2.24, 2.45) is 5.92 Å². The highest BCUT2D eigenvalue weighted by Gasteiger charge is 2.37. The van der Waals surface area contributed by atoms with Crippen LogP contribution in [0.25, 0.3) is 0 Å². The molecule has 0 bridgehead atoms. The van der Waals surface area contributed by atoms with Crippen LogP contribution < -0.4 is 5.32 Å². The van der Waals surface area contributed by atoms with E-state index in [1.54, 1.807) is 6.92 Å². The monoisotopic (exact) mass is 307 g/mol. The molecule has 23 heavy (non-hydrogen) atoms. The van der Waals surface area contributed by atoms with E-state index >= 15 is 0 Å². The normalized spacial score (nSPS) is 24.7. The zero-order chi connectivity index (χ0) is 16.0. The number of halogens is 1. The fraction of sp³-hybridized carbons (Fsp3) is 0.250. The van der Waals surface area contributed by atoms with E-state index in [2.05, 4.69) is 17.5 Å². The lowest BCUT2D eigenvalue weighted by atomic mass is 9.76. The number of nitrogens with one attached hydrogen (secondary N) is 1. The number of Topliss-reactive ketones (excluding diaryl/α,β-unsaturated/α-hetero) is 1. The fourth-order valence-corrected chi connectivity index (χ4v) is 3.81. The summed E-state index contributed by atoms with van der Waals surface area (Å²) in [7, 11) is 0. The molecule has 116 valence electrons. The largest absolute Gasteiger partial charge is 0.378 e. The van der Waals surface area contributed by atoms with Gasteiger partial charge in [-0.25, -0.2) is 4.39 Å². The van der Waals surface area contributed by atoms with Crippen molar-refractivity contribution in [2.45, 2.75) is 25.3 Å². The first-order chi connectivity index (χ1) is 11.1. The molecule has 0 fully saturated rings. The lowest BCUT2D eigenvalue weighted by molar-refractivity contribution is 0.101. The second kappa shape index (κ2) is 5.34. The molecule has 0 radical (unpaired) electrons. The molecule has 0 amide bonds. The summed E-state index contributed by atoms with van der Waals surface area (Å²) in [4.78, 5) is 11.7. The van der Waals surface area contributed by atoms with Gasteiger partial charge in [0.1, 0.15) is 5.82 Å². The van der Waals surface area contributed by atoms with Crippen LogP contribution in [-0.2, 0) is 0 Å². The first-order valence-corrected chi connectivity index (χ1v) is 7.97. The number of anilines is 1. The number of benzene rings is 2. The average molecular weight is 307 g/mol. The summed E-state index contributed by atoms with van der Waals surface area (Å²) in [5.41, 5.74) is 4.11. The van der Waals surface area contributed by atoms with Crippen molar-refractivity contribution in [3.8, 4) is 0 Å². The smallest absolute Gasteiger partial charge is 0.159 e. The Bertz CT molecular complexity index is 794. The maximum absolute atomic E-state index is 13.2. The highest BCUT2D eigenvalue weighted by molar-refractivity contribution is 5.95. The molecule has 0 spiro atoms. The van der Waals surface area contributed by atoms with Crippen LogP contribution in [0.4, 0.5) is 10.1 Å². The molecule has 0 unspecified atom stereocenters. The van der Waals surface area contributed by atoms with E-state index in [0.717, 1.165) is 23.2 Å². The Labute approximate surface area is 135 Å². The molecule has 1 aliphatic carbocycles. The van der Waals surface area contributed by atoms with Gasteiger partial charge in [0.05, 0.1) is 6.04 Å². The van der Waals surface area contributed by atoms with Crippen LogP contribution in [0, 0.1) is 11.7 Å². The summed E-state index contributed by atoms with van der Waals surface area (Å²) in [6.45, 7) is 1.60. The highest BCUT2D eigenvalue weighted by atomic mass is 19.1. The van der Waals surface area contributed by atoms with Gasteiger partial charge in [-0.1, -0.05) is 24.3 Å². The van der Waals surface area contributed by atoms with Crippen molar-refractivity contribution < 1.29 is 9.18 Å². The van der Waals surface area contributed by atoms with Gasteiger partial charge in [0, 0.05) is 17.2 Å². The lowest BCUT2D eigenvalue weighted by Gasteiger charge is -2.37. The molecule has 0 saturated carbocycles. The third kappa shape index (κ3) is 2.37. The molecule has 2 aliphatic rings. The number of fused-ring (bicyclic) bond motifs is 3. The molecular formula is C20H18FNO. The minimum absolute atomic E-state index is 0.0898. The van der Waals surface area contributed by atoms with Gasteiger partial charge in [0.15, 0.2) is 5.78 Å². The molecule has 2 nitrogen and oxygen atoms in total. The maximum atomic E-state index is 13.2. The van der Waals surface area contributed by atoms with Crippen LogP contribution in [0.3, 0.4) is 0 Å². The second-order valence-electron chi connectivity index (χ2n) is 6.39. The van der Waals surface area contributed by atoms with E-state index < -0.39 is 0 Å². The first kappa shape index (κ1) is 14.2. The Kier molecular flexibility index (Phi) is 3.29. The number of allylic oxidation sites excluding steroid dienone is 2. The van der Waals surface area contributed by atoms with Crippen molar-refractivity contribution in [3.63, 3.8) is 0 Å². The van der Waals surface area contributed by atoms with Crippen molar-refractivity contribution in [3.05, 3.63) is 77.1 Å². The minimum atomic E-state index is -0.211. The van der Waals surface area contributed by atoms with E-state index in [9.17, 15) is 9.18 Å². The zero-order valence-corrected chi connectivity index (χ0v) is 12.9. The number of ketones is 1. The van der Waals surface area contributed by atoms with E-state index in [-0.39, 0.29) is 17.6 Å². The lowest BCUT2D eigenvalue weighted by Crippen LogP contribution is -2.29. The second-order valence-corrected chi connectivity index (χ2v) is 6.39. The van der Waals surface area contributed by atoms with Gasteiger partial charge in [-0.2, -0.15) is 0 Å². The van der Waals surface area contributed by atoms with Crippen LogP contribution in [0.15, 0.2) is 54.6 Å². The maximum Gasteiger partial charge on any atom is 0.159 e. The highest BCUT2D eigenvalue weighted by Crippen LogP contribution is 2.49. The number of carbonyl (C=O) groups excluding carboxylic acids is 1. The Morgan fingerprint density at radius 3 is 2.70 bits per heavy atom. The number of rotatable bonds is 2. The SMILES string of the molecule is CC(=O)c1ccc2c(c1)[C@@H]1C=CC[C@@H]1[C@@H](c1ccc(F)cc1)N2. The Morgan fingerprint density at radius 1 is 1.17 bits per heavy atom. The molecule has 1 heterocycles. The molecule has 0 aromatic heterocycles. The Morgan fingerprint density at radius 2 is 1.96 bits per heavy atom. The summed E-state index contributed by atoms with van der Waals surface area (Å²) in [6, 6.07) is 12.8. The standard InChI is InChI=1S/C20H18FNO/c1-12(23)14-7-10-19-18(11-14)16-3-2-4-17(16)20(22-19)13-5-8-15(21)9-6-13/h2-3,5-11,16-17,20,22H,4H2,1H3/t16-,17+,20-/m1/s1. The third-order valence-corrected chi connectivity index (χ3v) is 5.00. The van der Waals surface area contributed by atoms with Gasteiger partial charge < -0.3 is 5.32 Å². The van der Waals surface area contributed by atoms with Crippen molar-refractivity contribution >= 4 is 11.5 Å². The molecule has 1 N–H and O–H groups in total. The average Bonchev–Trinajstić information content (AvgIpc) is 3.04. The topological polar surface area (TPSA) is 29.1 Å². The molecule has 1 aliphatic heterocycles. The summed E-state index contributed by atoms with van der Waals surface area (Å²) in [5, 5.41) is 3.60. The van der Waals surface area contributed by atoms with Crippen LogP contribution in [0.2, 0.25) is 0 Å². The number of hydrogen-bond donors (Lipinski definition) is 1. The van der Waals surface area contributed by atoms with Gasteiger partial charge in [-0.3, -0.25) is 4.79 Å². The van der Waals surface area contributed by atoms with Crippen LogP contribution in [0.5, 0.6) is 0 Å². The van der Waals surface area contributed by atoms with Gasteiger partial charge in [0.2, 0.25) is 0 Å². The zero-order valence-electron chi connectivity index (χ0n) is 12.9. The van der Waals surface area contributed by atoms with Crippen molar-refractivity contribution in [1.29, 1.82) is 0 Å². The van der Waals surface area contributed by atoms with Crippen molar-refractivity contribution in [1.82, 2.24) is 0 Å². The van der Waals surface area contributed by atoms with Crippen LogP contribution >= 0.6 is 0 Å². The molecular weight excluding hydrogens is 289 g/mol. The predicted molar refractivity (Wildman–Crippen MR) is 89.2 cm³/mol. The molecule has 2 aromatic carbocycles. The number of hydrogen-bond acceptors (Lipinski definition) is 2. The third-order valence-electron chi connectivity index (χ3n) is 5.00. The summed E-state index contributed by atoms with van der Waals surface area (Å²) in [6.07, 6.45) is 5.44. The Hall–Kier alpha value is -2.42. The van der Waals surface area contributed by atoms with Gasteiger partial charge >= 0.3 is 0 Å². The first-order valence-electron chi connectivity index (χ1n) is 7.97. The molecule has 0 saturated heterocycles. The van der Waals surface area contributed by atoms with E-state index in [0.29, 0.717) is 11.8 Å². The van der Waals surface area contributed by atoms with Crippen LogP contribution in [0.1, 0.15) is 46.8 Å². The minimum Gasteiger partial charge on any atom is -0.378 e. The molecule has 2 aromatic rings. The summed E-state index contributed by atoms with van der Waals surface area (Å²) in [5.74, 6) is 0.583. The van der Waals surface area contributed by atoms with E-state index in [1.807, 2.05) is 30.3 Å². The van der Waals surface area contributed by atoms with Crippen LogP contribution in [-0.4, -0.2) is 5.78 Å². The molecule has 3 atom stereocenters. The van der Waals surface area contributed by atoms with E-state index in [1.165, 1.54) is 17.7 Å². The quantitative estimate of drug-likeness (QED) is 0.634. The van der Waals surface area contributed by atoms with Gasteiger partial charge in [-0.05, 0) is 60.7 Å². The molecule has 4 rings (SSSR count). The van der Waals surface area contributed by atoms with Gasteiger partial charge in [-0.15, -0.1) is 0 Å². The van der Waals surface area contributed by atoms with Gasteiger partial charge in [0.25, 0.3) is 0 Å². The summed E-state index contributed by atoms with van der Waals surface area (Å²) < 4.78 is 13.2. The fourth-order valence-electron chi connectivity index (χ4n) is 3.81. The Balaban J connectivity index is 1.77. The number of carbonyl (C=O) groups is 1. The predicted octanol–water partition coefficient (Wildman–Crippen LogP) is 4.85. The van der Waals surface area contributed by atoms with E-state index in [4.69, 9.17) is 0 Å².